The topological polar surface area (TPSA) is 239 Å². The van der Waals surface area contributed by atoms with E-state index < -0.39 is 50.1 Å². The van der Waals surface area contributed by atoms with E-state index in [1.54, 1.807) is 79.7 Å². The molecule has 0 saturated carbocycles. The zero-order valence-corrected chi connectivity index (χ0v) is 30.1. The normalized spacial score (nSPS) is 14.5. The molecule has 8 N–H and O–H groups in total. The average molecular weight is 719 g/mol. The fourth-order valence-electron chi connectivity index (χ4n) is 3.86. The maximum absolute atomic E-state index is 14.1. The Bertz CT molecular complexity index is 1320. The van der Waals surface area contributed by atoms with Crippen molar-refractivity contribution >= 4 is 49.1 Å². The number of benzene rings is 2. The standard InChI is InChI=1S/C28H48N8O10P2/c1-19(2)43-47(41,44-20(3)4)27(33-31-23-13-9-11-15-25(23)35(37)38)29-17-18-30-28(48(42,45-21(5)6)46-22(7)8)34-32-24-14-10-12-16-26(24)36(39)40/h9-16,19-22,31-32,35-37,39H,17-18H2,1-8H3,(H,29,33)(H,30,34). The summed E-state index contributed by atoms with van der Waals surface area (Å²) in [5.41, 5.74) is 10.6. The van der Waals surface area contributed by atoms with Crippen LogP contribution in [0, 0.1) is 10.4 Å². The van der Waals surface area contributed by atoms with E-state index >= 15 is 0 Å². The van der Waals surface area contributed by atoms with Crippen LogP contribution in [-0.2, 0) is 27.2 Å². The van der Waals surface area contributed by atoms with Crippen LogP contribution in [0.1, 0.15) is 55.4 Å². The van der Waals surface area contributed by atoms with Crippen LogP contribution in [0.4, 0.5) is 22.7 Å². The molecule has 0 amide bonds. The maximum atomic E-state index is 14.1. The minimum Gasteiger partial charge on any atom is -0.595 e. The van der Waals surface area contributed by atoms with E-state index in [-0.39, 0.29) is 47.0 Å². The Kier molecular flexibility index (Phi) is 16.6. The lowest BCUT2D eigenvalue weighted by Gasteiger charge is -2.26. The lowest BCUT2D eigenvalue weighted by Crippen LogP contribution is -2.99. The molecule has 0 aliphatic carbocycles. The summed E-state index contributed by atoms with van der Waals surface area (Å²) in [4.78, 5) is 8.80. The summed E-state index contributed by atoms with van der Waals surface area (Å²) in [5, 5.41) is 40.3. The van der Waals surface area contributed by atoms with E-state index in [4.69, 9.17) is 18.1 Å². The molecule has 0 saturated heterocycles. The molecule has 0 fully saturated rings. The molecule has 2 rings (SSSR count). The molecule has 48 heavy (non-hydrogen) atoms. The van der Waals surface area contributed by atoms with Crippen LogP contribution < -0.4 is 32.2 Å². The van der Waals surface area contributed by atoms with E-state index in [2.05, 4.69) is 31.7 Å². The Labute approximate surface area is 280 Å². The first-order valence-corrected chi connectivity index (χ1v) is 18.3. The number of hydrogen-bond acceptors (Lipinski definition) is 14. The predicted octanol–water partition coefficient (Wildman–Crippen LogP) is 3.82. The molecule has 2 aromatic carbocycles. The van der Waals surface area contributed by atoms with Gasteiger partial charge in [0.05, 0.1) is 37.5 Å². The van der Waals surface area contributed by atoms with Crippen molar-refractivity contribution in [1.82, 2.24) is 10.9 Å². The Morgan fingerprint density at radius 3 is 1.21 bits per heavy atom. The van der Waals surface area contributed by atoms with Crippen molar-refractivity contribution in [3.8, 4) is 0 Å². The zero-order valence-electron chi connectivity index (χ0n) is 28.3. The molecule has 270 valence electrons. The fraction of sp³-hybridized carbons (Fsp3) is 0.500. The number of quaternary nitrogens is 2. The van der Waals surface area contributed by atoms with Crippen molar-refractivity contribution in [2.75, 3.05) is 23.9 Å². The molecule has 18 nitrogen and oxygen atoms in total. The number of nitrogens with zero attached hydrogens (tertiary/aromatic N) is 2. The van der Waals surface area contributed by atoms with E-state index in [0.717, 1.165) is 0 Å². The number of rotatable bonds is 19. The first kappa shape index (κ1) is 41.2. The van der Waals surface area contributed by atoms with E-state index in [9.17, 15) is 30.0 Å². The van der Waals surface area contributed by atoms with Gasteiger partial charge in [0, 0.05) is 12.1 Å². The van der Waals surface area contributed by atoms with Gasteiger partial charge in [0.15, 0.2) is 11.4 Å². The zero-order chi connectivity index (χ0) is 36.1. The van der Waals surface area contributed by atoms with Crippen LogP contribution in [0.25, 0.3) is 0 Å². The SMILES string of the molecule is CC(C)OP(=O)(OC(C)C)C(=NCCN=C(NNc1ccccc1[NH+]([O-])O)P(=O)(OC(C)C)OC(C)C)NNc1ccccc1[NH+]([O-])O. The third-order valence-corrected chi connectivity index (χ3v) is 9.81. The largest absolute Gasteiger partial charge is 0.595 e. The van der Waals surface area contributed by atoms with Gasteiger partial charge in [0.25, 0.3) is 0 Å². The third kappa shape index (κ3) is 13.2. The second-order valence-electron chi connectivity index (χ2n) is 11.2. The number of hydrogen-bond donors (Lipinski definition) is 8. The van der Waals surface area contributed by atoms with Crippen LogP contribution in [0.5, 0.6) is 0 Å². The quantitative estimate of drug-likeness (QED) is 0.0339. The molecule has 2 aromatic rings. The fourth-order valence-corrected chi connectivity index (χ4v) is 7.52. The third-order valence-electron chi connectivity index (χ3n) is 5.47. The highest BCUT2D eigenvalue weighted by molar-refractivity contribution is 7.72. The van der Waals surface area contributed by atoms with Crippen LogP contribution in [0.15, 0.2) is 58.5 Å². The highest BCUT2D eigenvalue weighted by Gasteiger charge is 2.37. The molecular weight excluding hydrogens is 670 g/mol. The summed E-state index contributed by atoms with van der Waals surface area (Å²) in [6.45, 7) is 13.0. The highest BCUT2D eigenvalue weighted by atomic mass is 31.2. The maximum Gasteiger partial charge on any atom is 0.397 e. The van der Waals surface area contributed by atoms with E-state index in [1.807, 2.05) is 0 Å². The molecule has 0 aliphatic rings. The Morgan fingerprint density at radius 2 is 0.938 bits per heavy atom. The van der Waals surface area contributed by atoms with Gasteiger partial charge < -0.3 is 28.5 Å². The number of aliphatic imine (C=N–C) groups is 2. The van der Waals surface area contributed by atoms with Crippen molar-refractivity contribution in [3.05, 3.63) is 58.9 Å². The monoisotopic (exact) mass is 718 g/mol. The smallest absolute Gasteiger partial charge is 0.397 e. The number of amidine groups is 2. The molecule has 0 aromatic heterocycles. The van der Waals surface area contributed by atoms with Crippen molar-refractivity contribution in [2.24, 2.45) is 9.98 Å². The Balaban J connectivity index is 2.51. The van der Waals surface area contributed by atoms with Crippen molar-refractivity contribution in [2.45, 2.75) is 79.8 Å². The second-order valence-corrected chi connectivity index (χ2v) is 14.9. The minimum atomic E-state index is -4.13. The van der Waals surface area contributed by atoms with E-state index in [0.29, 0.717) is 0 Å². The first-order valence-electron chi connectivity index (χ1n) is 15.2. The molecule has 0 heterocycles. The minimum absolute atomic E-state index is 0.0583. The van der Waals surface area contributed by atoms with Gasteiger partial charge in [0.2, 0.25) is 11.2 Å². The van der Waals surface area contributed by atoms with Crippen LogP contribution in [0.2, 0.25) is 0 Å². The van der Waals surface area contributed by atoms with Crippen molar-refractivity contribution in [1.29, 1.82) is 0 Å². The molecular formula is C28H48N8O10P2. The Morgan fingerprint density at radius 1 is 0.646 bits per heavy atom. The van der Waals surface area contributed by atoms with Gasteiger partial charge >= 0.3 is 15.2 Å². The van der Waals surface area contributed by atoms with Crippen LogP contribution in [0.3, 0.4) is 0 Å². The highest BCUT2D eigenvalue weighted by Crippen LogP contribution is 2.52. The summed E-state index contributed by atoms with van der Waals surface area (Å²) >= 11 is 0. The summed E-state index contributed by atoms with van der Waals surface area (Å²) in [5.74, 6) is 0. The number of anilines is 2. The van der Waals surface area contributed by atoms with Crippen LogP contribution >= 0.6 is 15.2 Å². The van der Waals surface area contributed by atoms with Crippen molar-refractivity contribution < 1.29 is 48.1 Å². The lowest BCUT2D eigenvalue weighted by molar-refractivity contribution is -0.990. The molecule has 0 bridgehead atoms. The van der Waals surface area contributed by atoms with Gasteiger partial charge in [-0.1, -0.05) is 24.3 Å². The van der Waals surface area contributed by atoms with Gasteiger partial charge in [-0.05, 0) is 67.5 Å². The van der Waals surface area contributed by atoms with Gasteiger partial charge in [-0.25, -0.2) is 10.4 Å². The first-order chi connectivity index (χ1) is 22.5. The van der Waals surface area contributed by atoms with Gasteiger partial charge in [-0.3, -0.25) is 40.8 Å². The molecule has 0 radical (unpaired) electrons. The summed E-state index contributed by atoms with van der Waals surface area (Å²) < 4.78 is 51.0. The van der Waals surface area contributed by atoms with Gasteiger partial charge in [-0.2, -0.15) is 10.5 Å². The van der Waals surface area contributed by atoms with Crippen molar-refractivity contribution in [3.63, 3.8) is 0 Å². The molecule has 0 aliphatic heterocycles. The molecule has 2 atom stereocenters. The van der Waals surface area contributed by atoms with Gasteiger partial charge in [0.1, 0.15) is 11.4 Å². The average Bonchev–Trinajstić information content (AvgIpc) is 2.96. The van der Waals surface area contributed by atoms with Crippen LogP contribution in [-0.4, -0.2) is 59.1 Å². The van der Waals surface area contributed by atoms with Gasteiger partial charge in [-0.15, -0.1) is 0 Å². The number of nitrogens with one attached hydrogen (secondary N) is 6. The Hall–Kier alpha value is -2.96. The van der Waals surface area contributed by atoms with E-state index in [1.165, 1.54) is 24.3 Å². The molecule has 20 heteroatoms. The lowest BCUT2D eigenvalue weighted by atomic mass is 10.3. The summed E-state index contributed by atoms with van der Waals surface area (Å²) in [6, 6.07) is 12.1. The number of hydrazine groups is 2. The summed E-state index contributed by atoms with van der Waals surface area (Å²) in [7, 11) is -8.25. The molecule has 0 spiro atoms. The predicted molar refractivity (Wildman–Crippen MR) is 183 cm³/mol. The summed E-state index contributed by atoms with van der Waals surface area (Å²) in [6.07, 6.45) is -2.19. The number of para-hydroxylation sites is 4. The molecule has 2 unspecified atom stereocenters. The second kappa shape index (κ2) is 19.3.